The summed E-state index contributed by atoms with van der Waals surface area (Å²) in [5.41, 5.74) is 2.97. The lowest BCUT2D eigenvalue weighted by molar-refractivity contribution is 0.0284. The maximum Gasteiger partial charge on any atom is 0.119 e. The number of hydrogen-bond donors (Lipinski definition) is 0. The summed E-state index contributed by atoms with van der Waals surface area (Å²) in [6.45, 7) is 2.91. The average molecular weight is 356 g/mol. The maximum absolute atomic E-state index is 6.19. The summed E-state index contributed by atoms with van der Waals surface area (Å²) < 4.78 is 6.19. The van der Waals surface area contributed by atoms with Crippen LogP contribution in [0, 0.1) is 6.92 Å². The molecule has 3 heteroatoms. The minimum atomic E-state index is 0.151. The van der Waals surface area contributed by atoms with E-state index in [4.69, 9.17) is 16.3 Å². The third-order valence-corrected chi connectivity index (χ3v) is 6.54. The number of halogens is 1. The Balaban J connectivity index is 1.52. The summed E-state index contributed by atoms with van der Waals surface area (Å²) >= 11 is 5.98. The van der Waals surface area contributed by atoms with Gasteiger partial charge in [-0.1, -0.05) is 41.4 Å². The van der Waals surface area contributed by atoms with Crippen LogP contribution in [0.2, 0.25) is 5.02 Å². The summed E-state index contributed by atoms with van der Waals surface area (Å²) in [4.78, 5) is 2.59. The first-order valence-electron chi connectivity index (χ1n) is 9.24. The molecule has 3 atom stereocenters. The Kier molecular flexibility index (Phi) is 4.51. The molecular formula is C22H26ClNO. The lowest BCUT2D eigenvalue weighted by atomic mass is 9.78. The fourth-order valence-electron chi connectivity index (χ4n) is 4.66. The van der Waals surface area contributed by atoms with E-state index in [0.717, 1.165) is 17.4 Å². The molecule has 0 N–H and O–H groups in total. The smallest absolute Gasteiger partial charge is 0.119 e. The average Bonchev–Trinajstić information content (AvgIpc) is 2.81. The van der Waals surface area contributed by atoms with Gasteiger partial charge in [-0.15, -0.1) is 0 Å². The quantitative estimate of drug-likeness (QED) is 0.724. The van der Waals surface area contributed by atoms with Gasteiger partial charge in [0.05, 0.1) is 5.54 Å². The molecule has 2 saturated heterocycles. The maximum atomic E-state index is 6.19. The van der Waals surface area contributed by atoms with Gasteiger partial charge in [0.25, 0.3) is 0 Å². The van der Waals surface area contributed by atoms with Crippen molar-refractivity contribution in [2.75, 3.05) is 13.7 Å². The first-order chi connectivity index (χ1) is 12.1. The summed E-state index contributed by atoms with van der Waals surface area (Å²) in [5, 5.41) is 0.751. The predicted molar refractivity (Wildman–Crippen MR) is 104 cm³/mol. The van der Waals surface area contributed by atoms with Gasteiger partial charge < -0.3 is 4.74 Å². The summed E-state index contributed by atoms with van der Waals surface area (Å²) in [7, 11) is 2.29. The van der Waals surface area contributed by atoms with Crippen LogP contribution >= 0.6 is 11.6 Å². The van der Waals surface area contributed by atoms with Crippen LogP contribution in [0.5, 0.6) is 5.75 Å². The van der Waals surface area contributed by atoms with E-state index in [0.29, 0.717) is 12.0 Å². The molecule has 0 aliphatic carbocycles. The van der Waals surface area contributed by atoms with E-state index in [-0.39, 0.29) is 5.54 Å². The molecule has 2 aliphatic rings. The number of aryl methyl sites for hydroxylation is 1. The number of fused-ring (bicyclic) bond motifs is 2. The van der Waals surface area contributed by atoms with Gasteiger partial charge in [-0.25, -0.2) is 0 Å². The normalized spacial score (nSPS) is 28.9. The Morgan fingerprint density at radius 1 is 1.12 bits per heavy atom. The number of rotatable bonds is 4. The predicted octanol–water partition coefficient (Wildman–Crippen LogP) is 5.44. The second kappa shape index (κ2) is 6.66. The molecule has 132 valence electrons. The topological polar surface area (TPSA) is 12.5 Å². The van der Waals surface area contributed by atoms with E-state index in [1.165, 1.54) is 36.8 Å². The fourth-order valence-corrected chi connectivity index (χ4v) is 4.78. The molecule has 0 spiro atoms. The van der Waals surface area contributed by atoms with E-state index in [2.05, 4.69) is 43.1 Å². The monoisotopic (exact) mass is 355 g/mol. The van der Waals surface area contributed by atoms with Gasteiger partial charge in [-0.05, 0) is 75.4 Å². The SMILES string of the molecule is Cc1ccc(C2C[C@@H]3CC[C@](COc4ccc(Cl)cc4)(C2)N3C)cc1. The number of likely N-dealkylation sites (N-methyl/N-ethyl adjacent to an activating group) is 1. The molecule has 1 unspecified atom stereocenters. The molecule has 2 aliphatic heterocycles. The first kappa shape index (κ1) is 16.9. The van der Waals surface area contributed by atoms with Gasteiger partial charge in [0.15, 0.2) is 0 Å². The van der Waals surface area contributed by atoms with E-state index in [9.17, 15) is 0 Å². The van der Waals surface area contributed by atoms with Crippen molar-refractivity contribution in [2.24, 2.45) is 0 Å². The second-order valence-corrected chi connectivity index (χ2v) is 8.25. The Hall–Kier alpha value is -1.51. The Morgan fingerprint density at radius 2 is 1.84 bits per heavy atom. The molecule has 2 bridgehead atoms. The Morgan fingerprint density at radius 3 is 2.56 bits per heavy atom. The van der Waals surface area contributed by atoms with E-state index in [1.54, 1.807) is 0 Å². The van der Waals surface area contributed by atoms with Crippen LogP contribution in [0.1, 0.15) is 42.7 Å². The molecule has 2 fully saturated rings. The van der Waals surface area contributed by atoms with Crippen molar-refractivity contribution in [1.29, 1.82) is 0 Å². The van der Waals surface area contributed by atoms with Crippen molar-refractivity contribution >= 4 is 11.6 Å². The fraction of sp³-hybridized carbons (Fsp3) is 0.455. The Labute approximate surface area is 155 Å². The van der Waals surface area contributed by atoms with Crippen molar-refractivity contribution in [3.8, 4) is 5.75 Å². The largest absolute Gasteiger partial charge is 0.492 e. The lowest BCUT2D eigenvalue weighted by Gasteiger charge is -2.45. The van der Waals surface area contributed by atoms with Crippen molar-refractivity contribution < 1.29 is 4.74 Å². The third kappa shape index (κ3) is 3.30. The molecule has 2 aromatic carbocycles. The van der Waals surface area contributed by atoms with Crippen LogP contribution < -0.4 is 4.74 Å². The zero-order valence-corrected chi connectivity index (χ0v) is 15.8. The second-order valence-electron chi connectivity index (χ2n) is 7.82. The van der Waals surface area contributed by atoms with Crippen molar-refractivity contribution in [3.05, 3.63) is 64.7 Å². The molecule has 25 heavy (non-hydrogen) atoms. The highest BCUT2D eigenvalue weighted by atomic mass is 35.5. The van der Waals surface area contributed by atoms with Crippen molar-refractivity contribution in [3.63, 3.8) is 0 Å². The highest BCUT2D eigenvalue weighted by Gasteiger charge is 2.50. The first-order valence-corrected chi connectivity index (χ1v) is 9.61. The standard InChI is InChI=1S/C22H26ClNO/c1-16-3-5-17(6-4-16)18-13-20-11-12-22(14-18,24(20)2)15-25-21-9-7-19(23)8-10-21/h3-10,18,20H,11-15H2,1-2H3/t18?,20-,22+/m0/s1. The molecular weight excluding hydrogens is 330 g/mol. The zero-order chi connectivity index (χ0) is 17.4. The van der Waals surface area contributed by atoms with Crippen LogP contribution in [-0.2, 0) is 0 Å². The summed E-state index contributed by atoms with van der Waals surface area (Å²) in [6.07, 6.45) is 4.95. The molecule has 0 aromatic heterocycles. The molecule has 4 rings (SSSR count). The van der Waals surface area contributed by atoms with Gasteiger partial charge in [0.2, 0.25) is 0 Å². The van der Waals surface area contributed by atoms with Crippen LogP contribution in [0.15, 0.2) is 48.5 Å². The van der Waals surface area contributed by atoms with E-state index < -0.39 is 0 Å². The molecule has 0 saturated carbocycles. The third-order valence-electron chi connectivity index (χ3n) is 6.29. The summed E-state index contributed by atoms with van der Waals surface area (Å²) in [5.74, 6) is 1.55. The zero-order valence-electron chi connectivity index (χ0n) is 15.0. The Bertz CT molecular complexity index is 727. The van der Waals surface area contributed by atoms with Crippen LogP contribution in [0.25, 0.3) is 0 Å². The number of piperidine rings is 1. The molecule has 2 nitrogen and oxygen atoms in total. The molecule has 0 amide bonds. The number of nitrogens with zero attached hydrogens (tertiary/aromatic N) is 1. The minimum Gasteiger partial charge on any atom is -0.492 e. The number of benzene rings is 2. The van der Waals surface area contributed by atoms with Crippen LogP contribution in [0.3, 0.4) is 0 Å². The van der Waals surface area contributed by atoms with Crippen LogP contribution in [0.4, 0.5) is 0 Å². The van der Waals surface area contributed by atoms with Gasteiger partial charge in [0.1, 0.15) is 12.4 Å². The number of ether oxygens (including phenoxy) is 1. The molecule has 0 radical (unpaired) electrons. The highest BCUT2D eigenvalue weighted by molar-refractivity contribution is 6.30. The van der Waals surface area contributed by atoms with Crippen molar-refractivity contribution in [1.82, 2.24) is 4.90 Å². The van der Waals surface area contributed by atoms with Crippen molar-refractivity contribution in [2.45, 2.75) is 50.1 Å². The minimum absolute atomic E-state index is 0.151. The van der Waals surface area contributed by atoms with Gasteiger partial charge >= 0.3 is 0 Å². The van der Waals surface area contributed by atoms with Gasteiger partial charge in [-0.2, -0.15) is 0 Å². The van der Waals surface area contributed by atoms with Gasteiger partial charge in [0, 0.05) is 11.1 Å². The number of hydrogen-bond acceptors (Lipinski definition) is 2. The molecule has 2 heterocycles. The van der Waals surface area contributed by atoms with E-state index in [1.807, 2.05) is 24.3 Å². The van der Waals surface area contributed by atoms with E-state index >= 15 is 0 Å². The highest BCUT2D eigenvalue weighted by Crippen LogP contribution is 2.49. The molecule has 2 aromatic rings. The summed E-state index contributed by atoms with van der Waals surface area (Å²) in [6, 6.07) is 17.5. The van der Waals surface area contributed by atoms with Crippen LogP contribution in [-0.4, -0.2) is 30.1 Å². The lowest BCUT2D eigenvalue weighted by Crippen LogP contribution is -2.53. The van der Waals surface area contributed by atoms with Gasteiger partial charge in [-0.3, -0.25) is 4.90 Å².